The van der Waals surface area contributed by atoms with Crippen molar-refractivity contribution < 1.29 is 19.0 Å². The molecular formula is C14H18N4O4S. The second-order valence-corrected chi connectivity index (χ2v) is 5.93. The molecule has 1 fully saturated rings. The minimum absolute atomic E-state index is 0.0123. The highest BCUT2D eigenvalue weighted by molar-refractivity contribution is 7.23. The van der Waals surface area contributed by atoms with Crippen LogP contribution in [0.15, 0.2) is 6.20 Å². The van der Waals surface area contributed by atoms with Crippen molar-refractivity contribution in [3.05, 3.63) is 6.20 Å². The summed E-state index contributed by atoms with van der Waals surface area (Å²) in [7, 11) is 3.05. The molecule has 3 rings (SSSR count). The summed E-state index contributed by atoms with van der Waals surface area (Å²) in [5.74, 6) is 1.18. The van der Waals surface area contributed by atoms with Gasteiger partial charge in [-0.3, -0.25) is 10.1 Å². The smallest absolute Gasteiger partial charge is 0.252 e. The van der Waals surface area contributed by atoms with E-state index >= 15 is 0 Å². The third kappa shape index (κ3) is 3.36. The molecule has 3 heterocycles. The van der Waals surface area contributed by atoms with Crippen LogP contribution in [0, 0.1) is 0 Å². The Morgan fingerprint density at radius 3 is 2.91 bits per heavy atom. The number of morpholine rings is 1. The lowest BCUT2D eigenvalue weighted by atomic mass is 10.3. The number of aromatic nitrogens is 2. The number of carbonyl (C=O) groups is 1. The molecule has 0 radical (unpaired) electrons. The SMILES string of the molecule is COCC(=O)Nc1nc2c(OC)cnc(N3CCOCC3)c2s1. The van der Waals surface area contributed by atoms with E-state index in [9.17, 15) is 4.79 Å². The summed E-state index contributed by atoms with van der Waals surface area (Å²) in [5.41, 5.74) is 0.696. The predicted molar refractivity (Wildman–Crippen MR) is 87.5 cm³/mol. The van der Waals surface area contributed by atoms with Gasteiger partial charge in [-0.2, -0.15) is 0 Å². The number of fused-ring (bicyclic) bond motifs is 1. The Morgan fingerprint density at radius 2 is 2.22 bits per heavy atom. The van der Waals surface area contributed by atoms with Crippen LogP contribution in [0.2, 0.25) is 0 Å². The summed E-state index contributed by atoms with van der Waals surface area (Å²) >= 11 is 1.38. The molecule has 9 heteroatoms. The Morgan fingerprint density at radius 1 is 1.43 bits per heavy atom. The van der Waals surface area contributed by atoms with Crippen molar-refractivity contribution in [2.24, 2.45) is 0 Å². The summed E-state index contributed by atoms with van der Waals surface area (Å²) in [5, 5.41) is 3.23. The van der Waals surface area contributed by atoms with Gasteiger partial charge >= 0.3 is 0 Å². The fourth-order valence-electron chi connectivity index (χ4n) is 2.37. The zero-order chi connectivity index (χ0) is 16.2. The van der Waals surface area contributed by atoms with Gasteiger partial charge in [-0.25, -0.2) is 9.97 Å². The van der Waals surface area contributed by atoms with Crippen LogP contribution >= 0.6 is 11.3 Å². The fourth-order valence-corrected chi connectivity index (χ4v) is 3.38. The number of amides is 1. The minimum Gasteiger partial charge on any atom is -0.493 e. The number of pyridine rings is 1. The summed E-state index contributed by atoms with van der Waals surface area (Å²) < 4.78 is 16.4. The van der Waals surface area contributed by atoms with Gasteiger partial charge in [0.15, 0.2) is 10.9 Å². The second-order valence-electron chi connectivity index (χ2n) is 4.93. The van der Waals surface area contributed by atoms with Crippen molar-refractivity contribution in [3.63, 3.8) is 0 Å². The van der Waals surface area contributed by atoms with E-state index in [-0.39, 0.29) is 12.5 Å². The van der Waals surface area contributed by atoms with Crippen molar-refractivity contribution in [3.8, 4) is 5.75 Å². The predicted octanol–water partition coefficient (Wildman–Crippen LogP) is 1.12. The van der Waals surface area contributed by atoms with Crippen LogP contribution in [0.25, 0.3) is 10.2 Å². The Labute approximate surface area is 137 Å². The topological polar surface area (TPSA) is 85.8 Å². The molecular weight excluding hydrogens is 320 g/mol. The van der Waals surface area contributed by atoms with Crippen LogP contribution in [-0.4, -0.2) is 63.0 Å². The highest BCUT2D eigenvalue weighted by Gasteiger charge is 2.21. The van der Waals surface area contributed by atoms with Crippen molar-refractivity contribution in [2.75, 3.05) is 57.3 Å². The molecule has 1 aliphatic heterocycles. The number of rotatable bonds is 5. The molecule has 0 aromatic carbocycles. The number of nitrogens with zero attached hydrogens (tertiary/aromatic N) is 3. The van der Waals surface area contributed by atoms with E-state index in [1.54, 1.807) is 13.3 Å². The lowest BCUT2D eigenvalue weighted by molar-refractivity contribution is -0.119. The van der Waals surface area contributed by atoms with E-state index in [1.165, 1.54) is 18.4 Å². The van der Waals surface area contributed by atoms with Gasteiger partial charge in [-0.05, 0) is 0 Å². The van der Waals surface area contributed by atoms with E-state index < -0.39 is 0 Å². The summed E-state index contributed by atoms with van der Waals surface area (Å²) in [4.78, 5) is 22.8. The average Bonchev–Trinajstić information content (AvgIpc) is 2.98. The first-order chi connectivity index (χ1) is 11.2. The first-order valence-electron chi connectivity index (χ1n) is 7.18. The number of ether oxygens (including phenoxy) is 3. The molecule has 8 nitrogen and oxygen atoms in total. The maximum Gasteiger partial charge on any atom is 0.252 e. The van der Waals surface area contributed by atoms with Crippen molar-refractivity contribution in [1.29, 1.82) is 0 Å². The number of hydrogen-bond donors (Lipinski definition) is 1. The molecule has 0 bridgehead atoms. The molecule has 0 spiro atoms. The molecule has 1 saturated heterocycles. The number of thiazole rings is 1. The summed E-state index contributed by atoms with van der Waals surface area (Å²) in [6, 6.07) is 0. The molecule has 1 N–H and O–H groups in total. The monoisotopic (exact) mass is 338 g/mol. The van der Waals surface area contributed by atoms with Crippen molar-refractivity contribution in [2.45, 2.75) is 0 Å². The maximum absolute atomic E-state index is 11.7. The summed E-state index contributed by atoms with van der Waals surface area (Å²) in [6.07, 6.45) is 1.66. The molecule has 0 atom stereocenters. The molecule has 0 unspecified atom stereocenters. The lowest BCUT2D eigenvalue weighted by Gasteiger charge is -2.28. The lowest BCUT2D eigenvalue weighted by Crippen LogP contribution is -2.36. The molecule has 124 valence electrons. The third-order valence-electron chi connectivity index (χ3n) is 3.42. The van der Waals surface area contributed by atoms with Gasteiger partial charge in [0.25, 0.3) is 5.91 Å². The van der Waals surface area contributed by atoms with Crippen LogP contribution < -0.4 is 15.0 Å². The molecule has 0 saturated carbocycles. The largest absolute Gasteiger partial charge is 0.493 e. The Balaban J connectivity index is 1.97. The Kier molecular flexibility index (Phi) is 4.89. The van der Waals surface area contributed by atoms with Gasteiger partial charge in [0.1, 0.15) is 22.6 Å². The zero-order valence-corrected chi connectivity index (χ0v) is 13.8. The molecule has 2 aromatic rings. The van der Waals surface area contributed by atoms with Crippen LogP contribution in [0.1, 0.15) is 0 Å². The molecule has 0 aliphatic carbocycles. The van der Waals surface area contributed by atoms with Gasteiger partial charge in [-0.1, -0.05) is 11.3 Å². The normalized spacial score (nSPS) is 15.0. The van der Waals surface area contributed by atoms with E-state index in [0.717, 1.165) is 23.6 Å². The Hall–Kier alpha value is -1.97. The second kappa shape index (κ2) is 7.07. The third-order valence-corrected chi connectivity index (χ3v) is 4.39. The number of methoxy groups -OCH3 is 2. The van der Waals surface area contributed by atoms with E-state index in [0.29, 0.717) is 29.6 Å². The fraction of sp³-hybridized carbons (Fsp3) is 0.500. The average molecular weight is 338 g/mol. The maximum atomic E-state index is 11.7. The molecule has 23 heavy (non-hydrogen) atoms. The van der Waals surface area contributed by atoms with Gasteiger partial charge in [0.05, 0.1) is 26.5 Å². The minimum atomic E-state index is -0.244. The van der Waals surface area contributed by atoms with Crippen LogP contribution in [-0.2, 0) is 14.3 Å². The van der Waals surface area contributed by atoms with Gasteiger partial charge in [-0.15, -0.1) is 0 Å². The first kappa shape index (κ1) is 15.9. The quantitative estimate of drug-likeness (QED) is 0.874. The Bertz CT molecular complexity index is 699. The van der Waals surface area contributed by atoms with Crippen molar-refractivity contribution >= 4 is 38.4 Å². The molecule has 1 aliphatic rings. The highest BCUT2D eigenvalue weighted by atomic mass is 32.1. The number of anilines is 2. The molecule has 1 amide bonds. The van der Waals surface area contributed by atoms with E-state index in [2.05, 4.69) is 20.2 Å². The number of nitrogens with one attached hydrogen (secondary N) is 1. The molecule has 2 aromatic heterocycles. The van der Waals surface area contributed by atoms with E-state index in [1.807, 2.05) is 0 Å². The number of hydrogen-bond acceptors (Lipinski definition) is 8. The van der Waals surface area contributed by atoms with Crippen LogP contribution in [0.4, 0.5) is 10.9 Å². The van der Waals surface area contributed by atoms with Crippen LogP contribution in [0.5, 0.6) is 5.75 Å². The number of carbonyl (C=O) groups excluding carboxylic acids is 1. The van der Waals surface area contributed by atoms with E-state index in [4.69, 9.17) is 14.2 Å². The summed E-state index contributed by atoms with van der Waals surface area (Å²) in [6.45, 7) is 2.88. The van der Waals surface area contributed by atoms with Crippen LogP contribution in [0.3, 0.4) is 0 Å². The van der Waals surface area contributed by atoms with Gasteiger partial charge in [0.2, 0.25) is 0 Å². The van der Waals surface area contributed by atoms with Gasteiger partial charge < -0.3 is 19.1 Å². The first-order valence-corrected chi connectivity index (χ1v) is 7.99. The standard InChI is InChI=1S/C14H18N4O4S/c1-20-8-10(19)16-14-17-11-9(21-2)7-15-13(12(11)23-14)18-3-5-22-6-4-18/h7H,3-6,8H2,1-2H3,(H,16,17,19). The highest BCUT2D eigenvalue weighted by Crippen LogP contribution is 2.37. The van der Waals surface area contributed by atoms with Gasteiger partial charge in [0, 0.05) is 20.2 Å². The zero-order valence-electron chi connectivity index (χ0n) is 13.0. The van der Waals surface area contributed by atoms with Crippen molar-refractivity contribution in [1.82, 2.24) is 9.97 Å².